The molecule has 26 heavy (non-hydrogen) atoms. The standard InChI is InChI=1S/C16H14ClN3O5S/c17-10-4-11-8(3-12(10)26(24,25)19-5-7-1-2-7)13-9(16(22)23)6-18-14(13)15(21)20-11/h3-4,6-7,18-19H,1-2,5H2,(H,20,21)(H,22,23). The van der Waals surface area contributed by atoms with Crippen molar-refractivity contribution in [3.05, 3.63) is 39.3 Å². The predicted molar refractivity (Wildman–Crippen MR) is 96.3 cm³/mol. The van der Waals surface area contributed by atoms with Gasteiger partial charge in [-0.1, -0.05) is 11.6 Å². The number of sulfonamides is 1. The lowest BCUT2D eigenvalue weighted by Crippen LogP contribution is -2.26. The molecule has 8 nitrogen and oxygen atoms in total. The van der Waals surface area contributed by atoms with Gasteiger partial charge in [0.05, 0.1) is 16.1 Å². The smallest absolute Gasteiger partial charge is 0.337 e. The Morgan fingerprint density at radius 3 is 2.73 bits per heavy atom. The highest BCUT2D eigenvalue weighted by Crippen LogP contribution is 2.32. The molecular formula is C16H14ClN3O5S. The summed E-state index contributed by atoms with van der Waals surface area (Å²) in [5.41, 5.74) is -0.312. The Morgan fingerprint density at radius 1 is 1.35 bits per heavy atom. The molecule has 3 aromatic rings. The molecule has 0 saturated heterocycles. The molecule has 1 aromatic carbocycles. The van der Waals surface area contributed by atoms with Gasteiger partial charge in [-0.25, -0.2) is 17.9 Å². The third-order valence-electron chi connectivity index (χ3n) is 4.48. The quantitative estimate of drug-likeness (QED) is 0.525. The largest absolute Gasteiger partial charge is 0.478 e. The van der Waals surface area contributed by atoms with Gasteiger partial charge in [-0.2, -0.15) is 0 Å². The van der Waals surface area contributed by atoms with E-state index < -0.39 is 21.6 Å². The lowest BCUT2D eigenvalue weighted by Gasteiger charge is -2.10. The molecule has 136 valence electrons. The Hall–Kier alpha value is -2.36. The minimum Gasteiger partial charge on any atom is -0.478 e. The molecule has 4 N–H and O–H groups in total. The number of aromatic carboxylic acids is 1. The number of aromatic nitrogens is 2. The average Bonchev–Trinajstić information content (AvgIpc) is 3.28. The summed E-state index contributed by atoms with van der Waals surface area (Å²) in [4.78, 5) is 28.7. The summed E-state index contributed by atoms with van der Waals surface area (Å²) in [6.07, 6.45) is 3.18. The van der Waals surface area contributed by atoms with E-state index in [-0.39, 0.29) is 37.3 Å². The van der Waals surface area contributed by atoms with Crippen LogP contribution in [0.15, 0.2) is 28.0 Å². The molecule has 0 amide bonds. The highest BCUT2D eigenvalue weighted by Gasteiger charge is 2.26. The lowest BCUT2D eigenvalue weighted by molar-refractivity contribution is 0.0699. The summed E-state index contributed by atoms with van der Waals surface area (Å²) in [7, 11) is -3.86. The molecule has 10 heteroatoms. The zero-order valence-corrected chi connectivity index (χ0v) is 14.9. The molecular weight excluding hydrogens is 382 g/mol. The van der Waals surface area contributed by atoms with Gasteiger partial charge in [-0.3, -0.25) is 4.79 Å². The SMILES string of the molecule is O=C(O)c1c[nH]c2c(=O)[nH]c3cc(Cl)c(S(=O)(=O)NCC4CC4)cc3c12. The topological polar surface area (TPSA) is 132 Å². The maximum Gasteiger partial charge on any atom is 0.337 e. The molecule has 1 fully saturated rings. The van der Waals surface area contributed by atoms with Gasteiger partial charge in [0.25, 0.3) is 5.56 Å². The first kappa shape index (κ1) is 17.1. The van der Waals surface area contributed by atoms with Crippen LogP contribution in [0.5, 0.6) is 0 Å². The fraction of sp³-hybridized carbons (Fsp3) is 0.250. The third-order valence-corrected chi connectivity index (χ3v) is 6.36. The van der Waals surface area contributed by atoms with Crippen molar-refractivity contribution < 1.29 is 18.3 Å². The number of H-pyrrole nitrogens is 2. The Balaban J connectivity index is 1.98. The molecule has 0 unspecified atom stereocenters. The number of nitrogens with one attached hydrogen (secondary N) is 3. The highest BCUT2D eigenvalue weighted by molar-refractivity contribution is 7.89. The number of fused-ring (bicyclic) bond motifs is 3. The molecule has 1 aliphatic rings. The van der Waals surface area contributed by atoms with Crippen LogP contribution in [-0.4, -0.2) is 36.0 Å². The number of hydrogen-bond acceptors (Lipinski definition) is 4. The van der Waals surface area contributed by atoms with Crippen LogP contribution in [-0.2, 0) is 10.0 Å². The first-order valence-electron chi connectivity index (χ1n) is 7.87. The van der Waals surface area contributed by atoms with E-state index in [2.05, 4.69) is 14.7 Å². The first-order chi connectivity index (χ1) is 12.3. The van der Waals surface area contributed by atoms with E-state index in [0.717, 1.165) is 12.8 Å². The zero-order valence-electron chi connectivity index (χ0n) is 13.3. The second kappa shape index (κ2) is 5.83. The van der Waals surface area contributed by atoms with Crippen molar-refractivity contribution in [3.63, 3.8) is 0 Å². The van der Waals surface area contributed by atoms with Crippen molar-refractivity contribution in [2.75, 3.05) is 6.54 Å². The number of carboxylic acid groups (broad SMARTS) is 1. The van der Waals surface area contributed by atoms with Crippen LogP contribution in [0.4, 0.5) is 0 Å². The molecule has 2 heterocycles. The molecule has 2 aromatic heterocycles. The average molecular weight is 396 g/mol. The number of aromatic amines is 2. The maximum absolute atomic E-state index is 12.6. The number of pyridine rings is 1. The maximum atomic E-state index is 12.6. The molecule has 0 radical (unpaired) electrons. The summed E-state index contributed by atoms with van der Waals surface area (Å²) in [5, 5.41) is 9.75. The van der Waals surface area contributed by atoms with Crippen molar-refractivity contribution in [1.82, 2.24) is 14.7 Å². The van der Waals surface area contributed by atoms with E-state index in [0.29, 0.717) is 12.5 Å². The Morgan fingerprint density at radius 2 is 2.08 bits per heavy atom. The van der Waals surface area contributed by atoms with Crippen LogP contribution in [0.2, 0.25) is 5.02 Å². The second-order valence-electron chi connectivity index (χ2n) is 6.34. The van der Waals surface area contributed by atoms with Crippen molar-refractivity contribution in [2.24, 2.45) is 5.92 Å². The molecule has 0 atom stereocenters. The molecule has 0 spiro atoms. The number of halogens is 1. The highest BCUT2D eigenvalue weighted by atomic mass is 35.5. The lowest BCUT2D eigenvalue weighted by atomic mass is 10.1. The van der Waals surface area contributed by atoms with Crippen LogP contribution in [0.1, 0.15) is 23.2 Å². The van der Waals surface area contributed by atoms with Gasteiger partial charge < -0.3 is 15.1 Å². The van der Waals surface area contributed by atoms with Crippen LogP contribution in [0, 0.1) is 5.92 Å². The normalized spacial score (nSPS) is 15.0. The van der Waals surface area contributed by atoms with E-state index in [9.17, 15) is 23.1 Å². The van der Waals surface area contributed by atoms with E-state index in [1.54, 1.807) is 0 Å². The predicted octanol–water partition coefficient (Wildman–Crippen LogP) is 2.05. The zero-order chi connectivity index (χ0) is 18.6. The summed E-state index contributed by atoms with van der Waals surface area (Å²) in [5.74, 6) is -0.885. The Kier molecular flexibility index (Phi) is 3.83. The summed E-state index contributed by atoms with van der Waals surface area (Å²) in [6, 6.07) is 2.62. The Labute approximate surface area is 152 Å². The molecule has 1 saturated carbocycles. The van der Waals surface area contributed by atoms with Gasteiger partial charge in [0, 0.05) is 23.5 Å². The Bertz CT molecular complexity index is 1220. The van der Waals surface area contributed by atoms with Crippen LogP contribution in [0.3, 0.4) is 0 Å². The fourth-order valence-electron chi connectivity index (χ4n) is 2.93. The first-order valence-corrected chi connectivity index (χ1v) is 9.73. The number of hydrogen-bond donors (Lipinski definition) is 4. The molecule has 4 rings (SSSR count). The van der Waals surface area contributed by atoms with Crippen molar-refractivity contribution in [2.45, 2.75) is 17.7 Å². The number of benzene rings is 1. The van der Waals surface area contributed by atoms with Gasteiger partial charge in [0.15, 0.2) is 0 Å². The van der Waals surface area contributed by atoms with Gasteiger partial charge in [-0.15, -0.1) is 0 Å². The van der Waals surface area contributed by atoms with Crippen LogP contribution >= 0.6 is 11.6 Å². The van der Waals surface area contributed by atoms with Crippen molar-refractivity contribution >= 4 is 49.4 Å². The van der Waals surface area contributed by atoms with Gasteiger partial charge in [0.2, 0.25) is 10.0 Å². The second-order valence-corrected chi connectivity index (χ2v) is 8.48. The minimum absolute atomic E-state index is 0.0526. The van der Waals surface area contributed by atoms with Gasteiger partial charge in [0.1, 0.15) is 10.4 Å². The summed E-state index contributed by atoms with van der Waals surface area (Å²) < 4.78 is 27.7. The minimum atomic E-state index is -3.86. The number of carboxylic acids is 1. The fourth-order valence-corrected chi connectivity index (χ4v) is 4.60. The summed E-state index contributed by atoms with van der Waals surface area (Å²) >= 11 is 6.13. The monoisotopic (exact) mass is 395 g/mol. The molecule has 0 bridgehead atoms. The van der Waals surface area contributed by atoms with E-state index >= 15 is 0 Å². The third kappa shape index (κ3) is 2.77. The van der Waals surface area contributed by atoms with E-state index in [4.69, 9.17) is 11.6 Å². The number of carbonyl (C=O) groups is 1. The molecule has 0 aliphatic heterocycles. The van der Waals surface area contributed by atoms with Crippen molar-refractivity contribution in [3.8, 4) is 0 Å². The molecule has 1 aliphatic carbocycles. The van der Waals surface area contributed by atoms with E-state index in [1.807, 2.05) is 0 Å². The van der Waals surface area contributed by atoms with E-state index in [1.165, 1.54) is 18.3 Å². The van der Waals surface area contributed by atoms with Crippen LogP contribution < -0.4 is 10.3 Å². The summed E-state index contributed by atoms with van der Waals surface area (Å²) in [6.45, 7) is 0.336. The number of rotatable bonds is 5. The van der Waals surface area contributed by atoms with Crippen LogP contribution in [0.25, 0.3) is 21.8 Å². The van der Waals surface area contributed by atoms with Crippen molar-refractivity contribution in [1.29, 1.82) is 0 Å². The van der Waals surface area contributed by atoms with Gasteiger partial charge >= 0.3 is 5.97 Å². The van der Waals surface area contributed by atoms with Gasteiger partial charge in [-0.05, 0) is 30.9 Å².